The van der Waals surface area contributed by atoms with Crippen molar-refractivity contribution in [3.63, 3.8) is 0 Å². The molecule has 168 valence electrons. The van der Waals surface area contributed by atoms with Crippen molar-refractivity contribution in [1.82, 2.24) is 4.98 Å². The summed E-state index contributed by atoms with van der Waals surface area (Å²) >= 11 is 9.70. The Labute approximate surface area is 216 Å². The van der Waals surface area contributed by atoms with Crippen LogP contribution in [-0.2, 0) is 4.79 Å². The van der Waals surface area contributed by atoms with Gasteiger partial charge in [-0.25, -0.2) is 4.98 Å². The Bertz CT molecular complexity index is 1370. The van der Waals surface area contributed by atoms with Crippen LogP contribution in [-0.4, -0.2) is 28.0 Å². The predicted molar refractivity (Wildman–Crippen MR) is 146 cm³/mol. The first-order chi connectivity index (χ1) is 15.8. The van der Waals surface area contributed by atoms with Crippen molar-refractivity contribution in [3.05, 3.63) is 74.2 Å². The summed E-state index contributed by atoms with van der Waals surface area (Å²) in [5, 5.41) is 13.2. The van der Waals surface area contributed by atoms with Gasteiger partial charge in [-0.2, -0.15) is 0 Å². The summed E-state index contributed by atoms with van der Waals surface area (Å²) in [5.74, 6) is 0.371. The zero-order valence-corrected chi connectivity index (χ0v) is 22.5. The number of fused-ring (bicyclic) bond motifs is 1. The van der Waals surface area contributed by atoms with Crippen molar-refractivity contribution in [1.29, 1.82) is 0 Å². The van der Waals surface area contributed by atoms with Gasteiger partial charge in [0.05, 0.1) is 26.1 Å². The number of carbonyl (C=O) groups is 1. The van der Waals surface area contributed by atoms with Gasteiger partial charge in [-0.3, -0.25) is 9.79 Å². The first-order valence-electron chi connectivity index (χ1n) is 9.91. The third kappa shape index (κ3) is 5.84. The van der Waals surface area contributed by atoms with Gasteiger partial charge in [0, 0.05) is 21.9 Å². The molecule has 0 radical (unpaired) electrons. The number of aliphatic imine (C=N–C) groups is 1. The van der Waals surface area contributed by atoms with Crippen molar-refractivity contribution >= 4 is 88.7 Å². The lowest BCUT2D eigenvalue weighted by molar-refractivity contribution is -0.113. The fourth-order valence-corrected chi connectivity index (χ4v) is 6.34. The summed E-state index contributed by atoms with van der Waals surface area (Å²) in [4.78, 5) is 21.6. The highest BCUT2D eigenvalue weighted by Gasteiger charge is 2.11. The molecule has 0 saturated heterocycles. The molecule has 0 atom stereocenters. The molecule has 0 bridgehead atoms. The van der Waals surface area contributed by atoms with E-state index >= 15 is 0 Å². The molecule has 0 aliphatic heterocycles. The normalized spacial score (nSPS) is 11.4. The number of thiazole rings is 1. The molecule has 3 aromatic carbocycles. The van der Waals surface area contributed by atoms with E-state index in [9.17, 15) is 9.90 Å². The SMILES string of the molecule is Cc1cccc(C)c1NC(=O)CSc1nc2ccc(N=Cc3cc(Br)cc(Br)c3O)cc2s1. The van der Waals surface area contributed by atoms with Crippen molar-refractivity contribution in [2.75, 3.05) is 11.1 Å². The molecule has 4 aromatic rings. The summed E-state index contributed by atoms with van der Waals surface area (Å²) in [7, 11) is 0. The zero-order valence-electron chi connectivity index (χ0n) is 17.7. The number of nitrogens with one attached hydrogen (secondary N) is 1. The van der Waals surface area contributed by atoms with Crippen LogP contribution < -0.4 is 5.32 Å². The zero-order chi connectivity index (χ0) is 23.5. The largest absolute Gasteiger partial charge is 0.506 e. The Morgan fingerprint density at radius 2 is 1.94 bits per heavy atom. The lowest BCUT2D eigenvalue weighted by Gasteiger charge is -2.10. The van der Waals surface area contributed by atoms with E-state index in [0.29, 0.717) is 10.0 Å². The van der Waals surface area contributed by atoms with Gasteiger partial charge in [0.1, 0.15) is 5.75 Å². The standard InChI is InChI=1S/C24H19Br2N3O2S2/c1-13-4-3-5-14(2)22(13)29-21(30)12-32-24-28-19-7-6-17(10-20(19)33-24)27-11-15-8-16(25)9-18(26)23(15)31/h3-11,31H,12H2,1-2H3,(H,29,30). The van der Waals surface area contributed by atoms with Crippen LogP contribution in [0.4, 0.5) is 11.4 Å². The Morgan fingerprint density at radius 3 is 2.70 bits per heavy atom. The third-order valence-corrected chi connectivity index (χ3v) is 8.06. The molecule has 9 heteroatoms. The number of hydrogen-bond acceptors (Lipinski definition) is 6. The quantitative estimate of drug-likeness (QED) is 0.175. The number of benzene rings is 3. The van der Waals surface area contributed by atoms with Crippen molar-refractivity contribution in [2.45, 2.75) is 18.2 Å². The number of aromatic nitrogens is 1. The number of anilines is 1. The number of nitrogens with zero attached hydrogens (tertiary/aromatic N) is 2. The molecule has 1 aromatic heterocycles. The van der Waals surface area contributed by atoms with Gasteiger partial charge in [-0.05, 0) is 71.2 Å². The highest BCUT2D eigenvalue weighted by atomic mass is 79.9. The highest BCUT2D eigenvalue weighted by molar-refractivity contribution is 9.11. The molecule has 33 heavy (non-hydrogen) atoms. The number of aryl methyl sites for hydroxylation is 2. The number of amides is 1. The second-order valence-corrected chi connectivity index (χ2v) is 11.3. The molecular weight excluding hydrogens is 586 g/mol. The minimum atomic E-state index is -0.0538. The summed E-state index contributed by atoms with van der Waals surface area (Å²) in [6.07, 6.45) is 1.63. The maximum absolute atomic E-state index is 12.5. The Balaban J connectivity index is 1.44. The monoisotopic (exact) mass is 603 g/mol. The fraction of sp³-hybridized carbons (Fsp3) is 0.125. The van der Waals surface area contributed by atoms with Gasteiger partial charge in [-0.1, -0.05) is 45.9 Å². The first-order valence-corrected chi connectivity index (χ1v) is 13.3. The molecule has 5 nitrogen and oxygen atoms in total. The second-order valence-electron chi connectivity index (χ2n) is 7.32. The van der Waals surface area contributed by atoms with Gasteiger partial charge < -0.3 is 10.4 Å². The average Bonchev–Trinajstić information content (AvgIpc) is 3.18. The van der Waals surface area contributed by atoms with Crippen molar-refractivity contribution in [3.8, 4) is 5.75 Å². The summed E-state index contributed by atoms with van der Waals surface area (Å²) in [5.41, 5.74) is 5.19. The number of thioether (sulfide) groups is 1. The molecule has 4 rings (SSSR count). The topological polar surface area (TPSA) is 74.6 Å². The molecule has 0 aliphatic rings. The highest BCUT2D eigenvalue weighted by Crippen LogP contribution is 2.33. The number of phenolic OH excluding ortho intramolecular Hbond substituents is 1. The summed E-state index contributed by atoms with van der Waals surface area (Å²) < 4.78 is 3.26. The van der Waals surface area contributed by atoms with Crippen LogP contribution in [0.15, 0.2) is 66.8 Å². The van der Waals surface area contributed by atoms with E-state index < -0.39 is 0 Å². The van der Waals surface area contributed by atoms with Crippen LogP contribution in [0.1, 0.15) is 16.7 Å². The minimum absolute atomic E-state index is 0.0538. The molecule has 1 heterocycles. The molecule has 0 saturated carbocycles. The number of aromatic hydroxyl groups is 1. The fourth-order valence-electron chi connectivity index (χ4n) is 3.18. The second kappa shape index (κ2) is 10.4. The molecule has 0 aliphatic carbocycles. The maximum atomic E-state index is 12.5. The van der Waals surface area contributed by atoms with Gasteiger partial charge in [0.15, 0.2) is 4.34 Å². The summed E-state index contributed by atoms with van der Waals surface area (Å²) in [6.45, 7) is 3.97. The van der Waals surface area contributed by atoms with E-state index in [1.807, 2.05) is 50.2 Å². The Morgan fingerprint density at radius 1 is 1.18 bits per heavy atom. The first kappa shape index (κ1) is 23.9. The van der Waals surface area contributed by atoms with Crippen LogP contribution in [0.2, 0.25) is 0 Å². The number of para-hydroxylation sites is 1. The summed E-state index contributed by atoms with van der Waals surface area (Å²) in [6, 6.07) is 15.3. The van der Waals surface area contributed by atoms with E-state index in [2.05, 4.69) is 47.2 Å². The smallest absolute Gasteiger partial charge is 0.234 e. The minimum Gasteiger partial charge on any atom is -0.506 e. The van der Waals surface area contributed by atoms with E-state index in [4.69, 9.17) is 0 Å². The van der Waals surface area contributed by atoms with Crippen molar-refractivity contribution in [2.24, 2.45) is 4.99 Å². The van der Waals surface area contributed by atoms with Crippen LogP contribution in [0.3, 0.4) is 0 Å². The van der Waals surface area contributed by atoms with E-state index in [-0.39, 0.29) is 17.4 Å². The Kier molecular flexibility index (Phi) is 7.53. The maximum Gasteiger partial charge on any atom is 0.234 e. The number of hydrogen-bond donors (Lipinski definition) is 2. The molecule has 1 amide bonds. The van der Waals surface area contributed by atoms with Crippen LogP contribution in [0.25, 0.3) is 10.2 Å². The average molecular weight is 605 g/mol. The van der Waals surface area contributed by atoms with E-state index in [0.717, 1.165) is 41.5 Å². The van der Waals surface area contributed by atoms with Crippen molar-refractivity contribution < 1.29 is 9.90 Å². The molecule has 0 fully saturated rings. The number of phenols is 1. The number of carbonyl (C=O) groups excluding carboxylic acids is 1. The molecule has 0 unspecified atom stereocenters. The third-order valence-electron chi connectivity index (χ3n) is 4.84. The van der Waals surface area contributed by atoms with Crippen LogP contribution in [0, 0.1) is 13.8 Å². The van der Waals surface area contributed by atoms with Gasteiger partial charge >= 0.3 is 0 Å². The van der Waals surface area contributed by atoms with Crippen LogP contribution >= 0.6 is 55.0 Å². The van der Waals surface area contributed by atoms with Gasteiger partial charge in [0.2, 0.25) is 5.91 Å². The lowest BCUT2D eigenvalue weighted by atomic mass is 10.1. The van der Waals surface area contributed by atoms with E-state index in [1.54, 1.807) is 18.3 Å². The van der Waals surface area contributed by atoms with Gasteiger partial charge in [0.25, 0.3) is 0 Å². The Hall–Kier alpha value is -2.20. The predicted octanol–water partition coefficient (Wildman–Crippen LogP) is 7.63. The number of rotatable bonds is 6. The molecule has 2 N–H and O–H groups in total. The molecular formula is C24H19Br2N3O2S2. The number of halogens is 2. The van der Waals surface area contributed by atoms with Gasteiger partial charge in [-0.15, -0.1) is 11.3 Å². The van der Waals surface area contributed by atoms with E-state index in [1.165, 1.54) is 23.1 Å². The lowest BCUT2D eigenvalue weighted by Crippen LogP contribution is -2.15. The van der Waals surface area contributed by atoms with Crippen LogP contribution in [0.5, 0.6) is 5.75 Å². The molecule has 0 spiro atoms.